The molecule has 0 saturated carbocycles. The number of rotatable bonds is 3. The molecular weight excluding hydrogens is 366 g/mol. The number of benzene rings is 3. The maximum atomic E-state index is 13.4. The van der Waals surface area contributed by atoms with Gasteiger partial charge in [-0.1, -0.05) is 47.6 Å². The Kier molecular flexibility index (Phi) is 4.62. The van der Waals surface area contributed by atoms with Gasteiger partial charge in [0.2, 0.25) is 0 Å². The molecule has 1 aliphatic heterocycles. The lowest BCUT2D eigenvalue weighted by Gasteiger charge is -2.31. The minimum absolute atomic E-state index is 0.116. The van der Waals surface area contributed by atoms with E-state index in [9.17, 15) is 4.79 Å². The number of amides is 1. The minimum atomic E-state index is -0.116. The van der Waals surface area contributed by atoms with Gasteiger partial charge in [0.25, 0.3) is 5.91 Å². The zero-order valence-electron chi connectivity index (χ0n) is 14.1. The highest BCUT2D eigenvalue weighted by Crippen LogP contribution is 2.48. The van der Waals surface area contributed by atoms with Crippen molar-refractivity contribution < 1.29 is 9.53 Å². The Bertz CT molecular complexity index is 944. The highest BCUT2D eigenvalue weighted by Gasteiger charge is 2.28. The number of hydrogen-bond acceptors (Lipinski definition) is 3. The van der Waals surface area contributed by atoms with E-state index in [4.69, 9.17) is 16.3 Å². The number of carbonyl (C=O) groups excluding carboxylic acids is 1. The van der Waals surface area contributed by atoms with Crippen LogP contribution in [0.5, 0.6) is 5.75 Å². The first-order chi connectivity index (χ1) is 12.7. The number of nitrogens with zero attached hydrogens (tertiary/aromatic N) is 1. The van der Waals surface area contributed by atoms with Gasteiger partial charge in [0.05, 0.1) is 23.0 Å². The van der Waals surface area contributed by atoms with Crippen molar-refractivity contribution in [1.29, 1.82) is 0 Å². The molecule has 0 saturated heterocycles. The summed E-state index contributed by atoms with van der Waals surface area (Å²) in [6, 6.07) is 21.0. The van der Waals surface area contributed by atoms with Crippen molar-refractivity contribution in [3.05, 3.63) is 77.3 Å². The second kappa shape index (κ2) is 7.06. The number of fused-ring (bicyclic) bond motifs is 2. The monoisotopic (exact) mass is 381 g/mol. The zero-order chi connectivity index (χ0) is 18.1. The molecule has 0 radical (unpaired) electrons. The summed E-state index contributed by atoms with van der Waals surface area (Å²) in [5.41, 5.74) is 2.28. The average Bonchev–Trinajstić information content (AvgIpc) is 2.67. The van der Waals surface area contributed by atoms with Crippen molar-refractivity contribution in [2.24, 2.45) is 0 Å². The molecule has 26 heavy (non-hydrogen) atoms. The van der Waals surface area contributed by atoms with E-state index >= 15 is 0 Å². The lowest BCUT2D eigenvalue weighted by molar-refractivity contribution is 0.0998. The Balaban J connectivity index is 1.80. The molecule has 3 aromatic rings. The number of hydrogen-bond donors (Lipinski definition) is 0. The molecule has 0 fully saturated rings. The van der Waals surface area contributed by atoms with Crippen molar-refractivity contribution in [2.45, 2.75) is 16.7 Å². The average molecular weight is 382 g/mol. The van der Waals surface area contributed by atoms with Crippen LogP contribution in [0.25, 0.3) is 0 Å². The number of anilines is 2. The van der Waals surface area contributed by atoms with Crippen molar-refractivity contribution in [1.82, 2.24) is 0 Å². The molecule has 1 heterocycles. The standard InChI is InChI=1S/C21H16ClNO2S/c1-2-25-18-12-11-14(13-15(18)22)21(24)23-16-7-3-5-9-19(16)26-20-10-6-4-8-17(20)23/h3-13H,2H2,1H3. The summed E-state index contributed by atoms with van der Waals surface area (Å²) in [6.45, 7) is 2.42. The van der Waals surface area contributed by atoms with Crippen LogP contribution in [0.2, 0.25) is 5.02 Å². The molecule has 0 N–H and O–H groups in total. The Hall–Kier alpha value is -2.43. The van der Waals surface area contributed by atoms with Crippen molar-refractivity contribution in [2.75, 3.05) is 11.5 Å². The lowest BCUT2D eigenvalue weighted by atomic mass is 10.1. The quantitative estimate of drug-likeness (QED) is 0.542. The van der Waals surface area contributed by atoms with E-state index in [1.165, 1.54) is 0 Å². The van der Waals surface area contributed by atoms with Crippen molar-refractivity contribution in [3.63, 3.8) is 0 Å². The van der Waals surface area contributed by atoms with Gasteiger partial charge in [0.1, 0.15) is 5.75 Å². The van der Waals surface area contributed by atoms with Gasteiger partial charge in [-0.3, -0.25) is 9.69 Å². The molecule has 5 heteroatoms. The summed E-state index contributed by atoms with van der Waals surface area (Å²) in [6.07, 6.45) is 0. The molecule has 130 valence electrons. The summed E-state index contributed by atoms with van der Waals surface area (Å²) in [5.74, 6) is 0.468. The lowest BCUT2D eigenvalue weighted by Crippen LogP contribution is -2.28. The summed E-state index contributed by atoms with van der Waals surface area (Å²) >= 11 is 7.96. The molecule has 0 unspecified atom stereocenters. The third kappa shape index (κ3) is 2.96. The highest BCUT2D eigenvalue weighted by molar-refractivity contribution is 7.99. The van der Waals surface area contributed by atoms with Gasteiger partial charge in [-0.25, -0.2) is 0 Å². The summed E-state index contributed by atoms with van der Waals surface area (Å²) in [4.78, 5) is 17.2. The van der Waals surface area contributed by atoms with Crippen LogP contribution in [-0.2, 0) is 0 Å². The number of para-hydroxylation sites is 2. The Morgan fingerprint density at radius 3 is 2.19 bits per heavy atom. The van der Waals surface area contributed by atoms with E-state index in [0.717, 1.165) is 21.2 Å². The van der Waals surface area contributed by atoms with Gasteiger partial charge < -0.3 is 4.74 Å². The fraction of sp³-hybridized carbons (Fsp3) is 0.0952. The van der Waals surface area contributed by atoms with Gasteiger partial charge in [-0.15, -0.1) is 0 Å². The van der Waals surface area contributed by atoms with E-state index in [1.54, 1.807) is 34.9 Å². The van der Waals surface area contributed by atoms with E-state index < -0.39 is 0 Å². The van der Waals surface area contributed by atoms with Gasteiger partial charge in [-0.05, 0) is 49.4 Å². The zero-order valence-corrected chi connectivity index (χ0v) is 15.7. The first-order valence-corrected chi connectivity index (χ1v) is 9.51. The van der Waals surface area contributed by atoms with Crippen LogP contribution >= 0.6 is 23.4 Å². The second-order valence-corrected chi connectivity index (χ2v) is 7.25. The van der Waals surface area contributed by atoms with Crippen molar-refractivity contribution >= 4 is 40.6 Å². The summed E-state index contributed by atoms with van der Waals surface area (Å²) in [7, 11) is 0. The molecule has 3 nitrogen and oxygen atoms in total. The molecule has 0 aliphatic carbocycles. The van der Waals surface area contributed by atoms with Crippen LogP contribution in [0.1, 0.15) is 17.3 Å². The largest absolute Gasteiger partial charge is 0.492 e. The molecule has 1 aliphatic rings. The minimum Gasteiger partial charge on any atom is -0.492 e. The van der Waals surface area contributed by atoms with E-state index in [0.29, 0.717) is 22.9 Å². The SMILES string of the molecule is CCOc1ccc(C(=O)N2c3ccccc3Sc3ccccc32)cc1Cl. The van der Waals surface area contributed by atoms with E-state index in [2.05, 4.69) is 0 Å². The molecule has 3 aromatic carbocycles. The van der Waals surface area contributed by atoms with Gasteiger partial charge in [-0.2, -0.15) is 0 Å². The number of halogens is 1. The highest BCUT2D eigenvalue weighted by atomic mass is 35.5. The summed E-state index contributed by atoms with van der Waals surface area (Å²) < 4.78 is 5.47. The van der Waals surface area contributed by atoms with Crippen molar-refractivity contribution in [3.8, 4) is 5.75 Å². The molecule has 4 rings (SSSR count). The van der Waals surface area contributed by atoms with Gasteiger partial charge >= 0.3 is 0 Å². The molecule has 0 aromatic heterocycles. The molecule has 1 amide bonds. The van der Waals surface area contributed by atoms with Crippen LogP contribution in [0.3, 0.4) is 0 Å². The van der Waals surface area contributed by atoms with E-state index in [-0.39, 0.29) is 5.91 Å². The maximum Gasteiger partial charge on any atom is 0.262 e. The molecule has 0 bridgehead atoms. The predicted molar refractivity (Wildman–Crippen MR) is 106 cm³/mol. The van der Waals surface area contributed by atoms with E-state index in [1.807, 2.05) is 55.5 Å². The predicted octanol–water partition coefficient (Wildman–Crippen LogP) is 6.18. The van der Waals surface area contributed by atoms with Gasteiger partial charge in [0.15, 0.2) is 0 Å². The van der Waals surface area contributed by atoms with Crippen LogP contribution in [0.15, 0.2) is 76.5 Å². The molecular formula is C21H16ClNO2S. The Morgan fingerprint density at radius 1 is 1.00 bits per heavy atom. The molecule has 0 spiro atoms. The summed E-state index contributed by atoms with van der Waals surface area (Å²) in [5, 5.41) is 0.436. The Labute approximate surface area is 161 Å². The van der Waals surface area contributed by atoms with Crippen LogP contribution in [0.4, 0.5) is 11.4 Å². The fourth-order valence-electron chi connectivity index (χ4n) is 2.96. The Morgan fingerprint density at radius 2 is 1.62 bits per heavy atom. The van der Waals surface area contributed by atoms with Gasteiger partial charge in [0, 0.05) is 15.4 Å². The fourth-order valence-corrected chi connectivity index (χ4v) is 4.25. The number of carbonyl (C=O) groups is 1. The topological polar surface area (TPSA) is 29.5 Å². The van der Waals surface area contributed by atoms with Crippen LogP contribution < -0.4 is 9.64 Å². The third-order valence-corrected chi connectivity index (χ3v) is 5.54. The smallest absolute Gasteiger partial charge is 0.262 e. The van der Waals surface area contributed by atoms with Crippen LogP contribution in [0, 0.1) is 0 Å². The third-order valence-electron chi connectivity index (χ3n) is 4.11. The first-order valence-electron chi connectivity index (χ1n) is 8.31. The normalized spacial score (nSPS) is 12.3. The number of ether oxygens (including phenoxy) is 1. The second-order valence-electron chi connectivity index (χ2n) is 5.76. The first kappa shape index (κ1) is 17.0. The molecule has 0 atom stereocenters. The van der Waals surface area contributed by atoms with Crippen LogP contribution in [-0.4, -0.2) is 12.5 Å². The maximum absolute atomic E-state index is 13.4.